The van der Waals surface area contributed by atoms with Crippen LogP contribution >= 0.6 is 11.8 Å². The molecule has 1 aliphatic rings. The first kappa shape index (κ1) is 14.3. The summed E-state index contributed by atoms with van der Waals surface area (Å²) in [5, 5.41) is 10.5. The van der Waals surface area contributed by atoms with Crippen LogP contribution in [0.1, 0.15) is 34.6 Å². The maximum absolute atomic E-state index is 10.0. The molecule has 0 amide bonds. The molecule has 4 atom stereocenters. The number of hydrogen-bond acceptors (Lipinski definition) is 4. The molecule has 0 aromatic rings. The zero-order chi connectivity index (χ0) is 12.3. The number of hydrogen-bond donors (Lipinski definition) is 1. The molecule has 1 aliphatic heterocycles. The van der Waals surface area contributed by atoms with E-state index in [1.807, 2.05) is 34.6 Å². The Labute approximate surface area is 103 Å². The van der Waals surface area contributed by atoms with Crippen LogP contribution in [0.4, 0.5) is 0 Å². The van der Waals surface area contributed by atoms with E-state index in [9.17, 15) is 5.11 Å². The van der Waals surface area contributed by atoms with Crippen molar-refractivity contribution in [2.45, 2.75) is 69.5 Å². The lowest BCUT2D eigenvalue weighted by Crippen LogP contribution is -2.38. The van der Waals surface area contributed by atoms with Crippen LogP contribution in [0.15, 0.2) is 0 Å². The highest BCUT2D eigenvalue weighted by molar-refractivity contribution is 8.00. The third-order valence-electron chi connectivity index (χ3n) is 2.60. The maximum Gasteiger partial charge on any atom is 0.0988 e. The van der Waals surface area contributed by atoms with Crippen molar-refractivity contribution in [1.82, 2.24) is 0 Å². The summed E-state index contributed by atoms with van der Waals surface area (Å²) >= 11 is 1.77. The van der Waals surface area contributed by atoms with Crippen molar-refractivity contribution in [3.05, 3.63) is 0 Å². The second-order valence-corrected chi connectivity index (χ2v) is 6.52. The minimum absolute atomic E-state index is 0.0984. The van der Waals surface area contributed by atoms with Crippen LogP contribution in [0.5, 0.6) is 0 Å². The van der Waals surface area contributed by atoms with Gasteiger partial charge in [-0.25, -0.2) is 0 Å². The highest BCUT2D eigenvalue weighted by Gasteiger charge is 2.42. The second kappa shape index (κ2) is 6.24. The Morgan fingerprint density at radius 1 is 1.19 bits per heavy atom. The molecule has 4 heteroatoms. The smallest absolute Gasteiger partial charge is 0.0988 e. The minimum Gasteiger partial charge on any atom is -0.389 e. The summed E-state index contributed by atoms with van der Waals surface area (Å²) in [5.41, 5.74) is 0. The average molecular weight is 248 g/mol. The van der Waals surface area contributed by atoms with Gasteiger partial charge >= 0.3 is 0 Å². The molecule has 1 unspecified atom stereocenters. The predicted octanol–water partition coefficient (Wildman–Crippen LogP) is 2.07. The number of aliphatic hydroxyl groups excluding tert-OH is 1. The van der Waals surface area contributed by atoms with Crippen LogP contribution in [-0.2, 0) is 9.47 Å². The van der Waals surface area contributed by atoms with Crippen molar-refractivity contribution >= 4 is 11.8 Å². The third-order valence-corrected chi connectivity index (χ3v) is 4.06. The van der Waals surface area contributed by atoms with Crippen LogP contribution in [0.25, 0.3) is 0 Å². The normalized spacial score (nSPS) is 35.2. The third kappa shape index (κ3) is 3.91. The highest BCUT2D eigenvalue weighted by atomic mass is 32.2. The molecule has 16 heavy (non-hydrogen) atoms. The Bertz CT molecular complexity index is 208. The van der Waals surface area contributed by atoms with Gasteiger partial charge in [0, 0.05) is 5.25 Å². The fraction of sp³-hybridized carbons (Fsp3) is 1.00. The molecule has 1 fully saturated rings. The first-order valence-corrected chi connectivity index (χ1v) is 6.96. The van der Waals surface area contributed by atoms with E-state index in [0.29, 0.717) is 6.61 Å². The molecule has 96 valence electrons. The first-order chi connectivity index (χ1) is 7.41. The number of aliphatic hydroxyl groups is 1. The summed E-state index contributed by atoms with van der Waals surface area (Å²) in [6.45, 7) is 10.7. The summed E-state index contributed by atoms with van der Waals surface area (Å²) in [4.78, 5) is 0. The van der Waals surface area contributed by atoms with Crippen LogP contribution in [0.2, 0.25) is 0 Å². The summed E-state index contributed by atoms with van der Waals surface area (Å²) < 4.78 is 11.4. The number of rotatable bonds is 5. The van der Waals surface area contributed by atoms with E-state index >= 15 is 0 Å². The Morgan fingerprint density at radius 3 is 2.31 bits per heavy atom. The molecule has 0 bridgehead atoms. The summed E-state index contributed by atoms with van der Waals surface area (Å²) in [5.74, 6) is 0. The van der Waals surface area contributed by atoms with Crippen LogP contribution in [0.3, 0.4) is 0 Å². The van der Waals surface area contributed by atoms with Gasteiger partial charge in [0.25, 0.3) is 0 Å². The van der Waals surface area contributed by atoms with E-state index in [1.54, 1.807) is 11.8 Å². The van der Waals surface area contributed by atoms with Gasteiger partial charge in [0.05, 0.1) is 36.3 Å². The molecule has 1 saturated heterocycles. The van der Waals surface area contributed by atoms with Gasteiger partial charge in [0.2, 0.25) is 0 Å². The van der Waals surface area contributed by atoms with E-state index in [1.165, 1.54) is 0 Å². The van der Waals surface area contributed by atoms with Gasteiger partial charge < -0.3 is 14.6 Å². The van der Waals surface area contributed by atoms with E-state index in [2.05, 4.69) is 0 Å². The molecule has 0 radical (unpaired) electrons. The predicted molar refractivity (Wildman–Crippen MR) is 67.9 cm³/mol. The molecular weight excluding hydrogens is 224 g/mol. The Morgan fingerprint density at radius 2 is 1.81 bits per heavy atom. The molecule has 0 aromatic heterocycles. The number of ether oxygens (including phenoxy) is 2. The molecule has 1 N–H and O–H groups in total. The van der Waals surface area contributed by atoms with Gasteiger partial charge in [0.15, 0.2) is 0 Å². The van der Waals surface area contributed by atoms with Crippen LogP contribution in [0, 0.1) is 0 Å². The maximum atomic E-state index is 10.0. The van der Waals surface area contributed by atoms with Gasteiger partial charge in [-0.3, -0.25) is 0 Å². The van der Waals surface area contributed by atoms with Crippen molar-refractivity contribution in [1.29, 1.82) is 0 Å². The van der Waals surface area contributed by atoms with Crippen molar-refractivity contribution in [2.75, 3.05) is 6.61 Å². The quantitative estimate of drug-likeness (QED) is 0.808. The van der Waals surface area contributed by atoms with Crippen LogP contribution in [-0.4, -0.2) is 46.6 Å². The molecule has 0 aliphatic carbocycles. The zero-order valence-electron chi connectivity index (χ0n) is 10.8. The van der Waals surface area contributed by atoms with E-state index in [-0.39, 0.29) is 34.9 Å². The molecule has 0 spiro atoms. The van der Waals surface area contributed by atoms with Gasteiger partial charge in [-0.15, -0.1) is 11.8 Å². The molecule has 1 rings (SSSR count). The van der Waals surface area contributed by atoms with Crippen LogP contribution < -0.4 is 0 Å². The monoisotopic (exact) mass is 248 g/mol. The lowest BCUT2D eigenvalue weighted by molar-refractivity contribution is -0.0684. The molecule has 0 aromatic carbocycles. The lowest BCUT2D eigenvalue weighted by Gasteiger charge is -2.24. The fourth-order valence-electron chi connectivity index (χ4n) is 1.82. The SMILES string of the molecule is CC(C)OC[C@H]1S[C@@H](C)[C@@H](O)C1OC(C)C. The fourth-order valence-corrected chi connectivity index (χ4v) is 3.23. The van der Waals surface area contributed by atoms with Gasteiger partial charge in [-0.2, -0.15) is 0 Å². The van der Waals surface area contributed by atoms with Crippen molar-refractivity contribution in [3.8, 4) is 0 Å². The molecular formula is C12H24O3S. The highest BCUT2D eigenvalue weighted by Crippen LogP contribution is 2.36. The van der Waals surface area contributed by atoms with Gasteiger partial charge in [-0.05, 0) is 27.7 Å². The summed E-state index contributed by atoms with van der Waals surface area (Å²) in [6.07, 6.45) is -0.104. The molecule has 3 nitrogen and oxygen atoms in total. The standard InChI is InChI=1S/C12H24O3S/c1-7(2)14-6-10-12(15-8(3)4)11(13)9(5)16-10/h7-13H,6H2,1-5H3/t9-,10+,11+,12?/m0/s1. The molecule has 1 heterocycles. The van der Waals surface area contributed by atoms with Gasteiger partial charge in [0.1, 0.15) is 0 Å². The topological polar surface area (TPSA) is 38.7 Å². The summed E-state index contributed by atoms with van der Waals surface area (Å²) in [6, 6.07) is 0. The Kier molecular flexibility index (Phi) is 5.57. The summed E-state index contributed by atoms with van der Waals surface area (Å²) in [7, 11) is 0. The first-order valence-electron chi connectivity index (χ1n) is 6.02. The second-order valence-electron chi connectivity index (χ2n) is 4.90. The van der Waals surface area contributed by atoms with E-state index < -0.39 is 0 Å². The van der Waals surface area contributed by atoms with Crippen molar-refractivity contribution < 1.29 is 14.6 Å². The van der Waals surface area contributed by atoms with E-state index in [0.717, 1.165) is 0 Å². The van der Waals surface area contributed by atoms with E-state index in [4.69, 9.17) is 9.47 Å². The largest absolute Gasteiger partial charge is 0.389 e. The molecule has 0 saturated carbocycles. The van der Waals surface area contributed by atoms with Gasteiger partial charge in [-0.1, -0.05) is 6.92 Å². The average Bonchev–Trinajstić information content (AvgIpc) is 2.42. The minimum atomic E-state index is -0.381. The zero-order valence-corrected chi connectivity index (χ0v) is 11.7. The number of thioether (sulfide) groups is 1. The lowest BCUT2D eigenvalue weighted by atomic mass is 10.1. The van der Waals surface area contributed by atoms with Crippen molar-refractivity contribution in [3.63, 3.8) is 0 Å². The van der Waals surface area contributed by atoms with Crippen molar-refractivity contribution in [2.24, 2.45) is 0 Å². The Balaban J connectivity index is 2.52. The Hall–Kier alpha value is 0.230.